The molecule has 162 valence electrons. The van der Waals surface area contributed by atoms with Gasteiger partial charge in [0.1, 0.15) is 6.04 Å². The molecule has 8 heteroatoms. The van der Waals surface area contributed by atoms with Crippen LogP contribution in [0.25, 0.3) is 0 Å². The molecule has 8 nitrogen and oxygen atoms in total. The van der Waals surface area contributed by atoms with E-state index in [2.05, 4.69) is 10.6 Å². The maximum absolute atomic E-state index is 12.5. The molecule has 3 rings (SSSR count). The van der Waals surface area contributed by atoms with Crippen LogP contribution in [0, 0.1) is 0 Å². The molecule has 1 aliphatic rings. The Morgan fingerprint density at radius 2 is 1.74 bits per heavy atom. The van der Waals surface area contributed by atoms with Gasteiger partial charge in [0.2, 0.25) is 5.91 Å². The van der Waals surface area contributed by atoms with Crippen molar-refractivity contribution in [3.8, 4) is 0 Å². The summed E-state index contributed by atoms with van der Waals surface area (Å²) in [5, 5.41) is 5.24. The van der Waals surface area contributed by atoms with Crippen LogP contribution in [-0.4, -0.2) is 47.4 Å². The molecule has 1 atom stereocenters. The summed E-state index contributed by atoms with van der Waals surface area (Å²) < 4.78 is 5.12. The lowest BCUT2D eigenvalue weighted by molar-refractivity contribution is -0.129. The average Bonchev–Trinajstić information content (AvgIpc) is 2.99. The van der Waals surface area contributed by atoms with E-state index in [1.807, 2.05) is 30.3 Å². The maximum atomic E-state index is 12.5. The minimum atomic E-state index is -0.899. The van der Waals surface area contributed by atoms with Crippen LogP contribution in [0.5, 0.6) is 0 Å². The third-order valence-electron chi connectivity index (χ3n) is 4.71. The molecule has 0 aromatic heterocycles. The lowest BCUT2D eigenvalue weighted by atomic mass is 10.1. The normalized spacial score (nSPS) is 15.7. The van der Waals surface area contributed by atoms with Crippen LogP contribution >= 0.6 is 0 Å². The van der Waals surface area contributed by atoms with Crippen LogP contribution in [-0.2, 0) is 20.7 Å². The summed E-state index contributed by atoms with van der Waals surface area (Å²) in [7, 11) is 0. The van der Waals surface area contributed by atoms with Crippen molar-refractivity contribution >= 4 is 29.5 Å². The Morgan fingerprint density at radius 1 is 1.06 bits per heavy atom. The van der Waals surface area contributed by atoms with Crippen molar-refractivity contribution in [2.45, 2.75) is 38.8 Å². The van der Waals surface area contributed by atoms with Crippen molar-refractivity contribution in [1.82, 2.24) is 10.2 Å². The number of carbonyl (C=O) groups excluding carboxylic acids is 4. The average molecular weight is 423 g/mol. The predicted octanol–water partition coefficient (Wildman–Crippen LogP) is 2.74. The smallest absolute Gasteiger partial charge is 0.338 e. The minimum Gasteiger partial charge on any atom is -0.459 e. The molecule has 0 saturated carbocycles. The molecule has 31 heavy (non-hydrogen) atoms. The molecular formula is C23H25N3O5. The van der Waals surface area contributed by atoms with Crippen LogP contribution in [0.15, 0.2) is 54.6 Å². The number of imide groups is 1. The monoisotopic (exact) mass is 423 g/mol. The third kappa shape index (κ3) is 5.91. The molecular weight excluding hydrogens is 398 g/mol. The largest absolute Gasteiger partial charge is 0.459 e. The highest BCUT2D eigenvalue weighted by Gasteiger charge is 2.38. The fourth-order valence-corrected chi connectivity index (χ4v) is 3.18. The molecule has 1 aliphatic heterocycles. The Bertz CT molecular complexity index is 957. The van der Waals surface area contributed by atoms with E-state index in [0.717, 1.165) is 10.5 Å². The second-order valence-corrected chi connectivity index (χ2v) is 7.51. The first kappa shape index (κ1) is 22.0. The highest BCUT2D eigenvalue weighted by molar-refractivity contribution is 6.07. The molecule has 2 aromatic rings. The fourth-order valence-electron chi connectivity index (χ4n) is 3.18. The van der Waals surface area contributed by atoms with Gasteiger partial charge < -0.3 is 15.4 Å². The molecule has 1 saturated heterocycles. The zero-order valence-corrected chi connectivity index (χ0v) is 17.5. The zero-order chi connectivity index (χ0) is 22.4. The molecule has 0 aliphatic carbocycles. The number of anilines is 1. The van der Waals surface area contributed by atoms with Crippen molar-refractivity contribution in [3.63, 3.8) is 0 Å². The second kappa shape index (κ2) is 9.88. The van der Waals surface area contributed by atoms with E-state index in [0.29, 0.717) is 17.7 Å². The number of hydrogen-bond donors (Lipinski definition) is 2. The highest BCUT2D eigenvalue weighted by Crippen LogP contribution is 2.15. The Labute approximate surface area is 180 Å². The number of amides is 4. The lowest BCUT2D eigenvalue weighted by Crippen LogP contribution is -2.34. The molecule has 2 aromatic carbocycles. The molecule has 4 amide bonds. The van der Waals surface area contributed by atoms with Crippen molar-refractivity contribution in [2.24, 2.45) is 0 Å². The molecule has 0 spiro atoms. The Hall–Kier alpha value is -3.68. The number of nitrogens with one attached hydrogen (secondary N) is 2. The number of benzene rings is 2. The van der Waals surface area contributed by atoms with Crippen molar-refractivity contribution < 1.29 is 23.9 Å². The summed E-state index contributed by atoms with van der Waals surface area (Å²) in [6.45, 7) is 3.78. The van der Waals surface area contributed by atoms with Crippen LogP contribution in [0.2, 0.25) is 0 Å². The number of ether oxygens (including phenoxy) is 1. The summed E-state index contributed by atoms with van der Waals surface area (Å²) in [5.74, 6) is -1.27. The topological polar surface area (TPSA) is 105 Å². The first-order valence-corrected chi connectivity index (χ1v) is 10.1. The quantitative estimate of drug-likeness (QED) is 0.502. The van der Waals surface area contributed by atoms with Crippen LogP contribution in [0.4, 0.5) is 10.5 Å². The van der Waals surface area contributed by atoms with Crippen LogP contribution in [0.1, 0.15) is 36.2 Å². The van der Waals surface area contributed by atoms with Gasteiger partial charge in [0, 0.05) is 12.2 Å². The lowest BCUT2D eigenvalue weighted by Gasteiger charge is -2.13. The van der Waals surface area contributed by atoms with Crippen molar-refractivity contribution in [1.29, 1.82) is 0 Å². The van der Waals surface area contributed by atoms with Gasteiger partial charge >= 0.3 is 12.0 Å². The van der Waals surface area contributed by atoms with Gasteiger partial charge in [-0.2, -0.15) is 0 Å². The van der Waals surface area contributed by atoms with E-state index in [1.165, 1.54) is 0 Å². The fraction of sp³-hybridized carbons (Fsp3) is 0.304. The van der Waals surface area contributed by atoms with Gasteiger partial charge in [0.15, 0.2) is 0 Å². The molecule has 1 fully saturated rings. The van der Waals surface area contributed by atoms with Crippen LogP contribution < -0.4 is 10.6 Å². The summed E-state index contributed by atoms with van der Waals surface area (Å²) in [4.78, 5) is 50.0. The third-order valence-corrected chi connectivity index (χ3v) is 4.71. The van der Waals surface area contributed by atoms with E-state index in [1.54, 1.807) is 38.1 Å². The van der Waals surface area contributed by atoms with Gasteiger partial charge in [-0.3, -0.25) is 14.5 Å². The van der Waals surface area contributed by atoms with Gasteiger partial charge in [-0.1, -0.05) is 30.3 Å². The van der Waals surface area contributed by atoms with E-state index >= 15 is 0 Å². The Balaban J connectivity index is 1.51. The van der Waals surface area contributed by atoms with Crippen LogP contribution in [0.3, 0.4) is 0 Å². The summed E-state index contributed by atoms with van der Waals surface area (Å²) >= 11 is 0. The van der Waals surface area contributed by atoms with Gasteiger partial charge in [0.25, 0.3) is 5.91 Å². The zero-order valence-electron chi connectivity index (χ0n) is 17.5. The van der Waals surface area contributed by atoms with Crippen molar-refractivity contribution in [2.75, 3.05) is 11.9 Å². The second-order valence-electron chi connectivity index (χ2n) is 7.51. The summed E-state index contributed by atoms with van der Waals surface area (Å²) in [6, 6.07) is 14.4. The molecule has 1 heterocycles. The molecule has 0 bridgehead atoms. The van der Waals surface area contributed by atoms with E-state index in [9.17, 15) is 19.2 Å². The predicted molar refractivity (Wildman–Crippen MR) is 114 cm³/mol. The Kier molecular flexibility index (Phi) is 7.02. The Morgan fingerprint density at radius 3 is 2.39 bits per heavy atom. The number of esters is 1. The van der Waals surface area contributed by atoms with E-state index < -0.39 is 29.9 Å². The number of carbonyl (C=O) groups is 4. The van der Waals surface area contributed by atoms with Gasteiger partial charge in [-0.05, 0) is 50.1 Å². The summed E-state index contributed by atoms with van der Waals surface area (Å²) in [5.41, 5.74) is 1.87. The summed E-state index contributed by atoms with van der Waals surface area (Å²) in [6.07, 6.45) is 0.145. The van der Waals surface area contributed by atoms with E-state index in [-0.39, 0.29) is 19.1 Å². The number of rotatable bonds is 8. The van der Waals surface area contributed by atoms with E-state index in [4.69, 9.17) is 4.74 Å². The number of urea groups is 1. The van der Waals surface area contributed by atoms with Gasteiger partial charge in [-0.25, -0.2) is 9.59 Å². The van der Waals surface area contributed by atoms with Crippen molar-refractivity contribution in [3.05, 3.63) is 65.7 Å². The van der Waals surface area contributed by atoms with Gasteiger partial charge in [0.05, 0.1) is 18.1 Å². The number of nitrogens with zero attached hydrogens (tertiary/aromatic N) is 1. The molecule has 2 N–H and O–H groups in total. The highest BCUT2D eigenvalue weighted by atomic mass is 16.5. The first-order valence-electron chi connectivity index (χ1n) is 10.1. The molecule has 0 radical (unpaired) electrons. The SMILES string of the molecule is CC(C)OC(=O)c1ccc(NC(=O)CC2NC(=O)N(CCc3ccccc3)C2=O)cc1. The first-order chi connectivity index (χ1) is 14.8. The van der Waals surface area contributed by atoms with Gasteiger partial charge in [-0.15, -0.1) is 0 Å². The molecule has 1 unspecified atom stereocenters. The standard InChI is InChI=1S/C23H25N3O5/c1-15(2)31-22(29)17-8-10-18(11-9-17)24-20(27)14-19-21(28)26(23(30)25-19)13-12-16-6-4-3-5-7-16/h3-11,15,19H,12-14H2,1-2H3,(H,24,27)(H,25,30). The maximum Gasteiger partial charge on any atom is 0.338 e. The minimum absolute atomic E-state index is 0.177. The number of hydrogen-bond acceptors (Lipinski definition) is 5.